The minimum atomic E-state index is -0.140. The van der Waals surface area contributed by atoms with Crippen LogP contribution in [0.1, 0.15) is 17.3 Å². The fourth-order valence-electron chi connectivity index (χ4n) is 1.46. The van der Waals surface area contributed by atoms with Crippen molar-refractivity contribution in [2.75, 3.05) is 0 Å². The van der Waals surface area contributed by atoms with Crippen LogP contribution in [0.2, 0.25) is 0 Å². The lowest BCUT2D eigenvalue weighted by Gasteiger charge is -2.14. The summed E-state index contributed by atoms with van der Waals surface area (Å²) in [5.74, 6) is 5.52. The molecule has 6 heteroatoms. The second-order valence-electron chi connectivity index (χ2n) is 3.17. The van der Waals surface area contributed by atoms with E-state index in [4.69, 9.17) is 5.84 Å². The first-order chi connectivity index (χ1) is 7.33. The molecule has 2 heterocycles. The zero-order valence-electron chi connectivity index (χ0n) is 8.33. The number of rotatable bonds is 3. The van der Waals surface area contributed by atoms with E-state index in [2.05, 4.69) is 20.7 Å². The summed E-state index contributed by atoms with van der Waals surface area (Å²) < 4.78 is 1.68. The van der Waals surface area contributed by atoms with Crippen LogP contribution in [0.3, 0.4) is 0 Å². The van der Waals surface area contributed by atoms with E-state index in [0.717, 1.165) is 11.3 Å². The molecule has 0 radical (unpaired) electrons. The SMILES string of the molecule is Cn1nncc1C(NN)c1cccnc1. The Balaban J connectivity index is 2.37. The normalized spacial score (nSPS) is 12.7. The van der Waals surface area contributed by atoms with Crippen molar-refractivity contribution in [1.29, 1.82) is 0 Å². The monoisotopic (exact) mass is 204 g/mol. The summed E-state index contributed by atoms with van der Waals surface area (Å²) in [4.78, 5) is 4.05. The average molecular weight is 204 g/mol. The van der Waals surface area contributed by atoms with Gasteiger partial charge in [0, 0.05) is 19.4 Å². The largest absolute Gasteiger partial charge is 0.271 e. The lowest BCUT2D eigenvalue weighted by atomic mass is 10.1. The predicted octanol–water partition coefficient (Wildman–Crippen LogP) is -0.237. The molecule has 0 fully saturated rings. The fraction of sp³-hybridized carbons (Fsp3) is 0.222. The molecule has 0 aliphatic heterocycles. The van der Waals surface area contributed by atoms with Crippen molar-refractivity contribution in [2.45, 2.75) is 6.04 Å². The van der Waals surface area contributed by atoms with E-state index in [1.165, 1.54) is 0 Å². The first-order valence-corrected chi connectivity index (χ1v) is 4.53. The van der Waals surface area contributed by atoms with E-state index >= 15 is 0 Å². The van der Waals surface area contributed by atoms with Gasteiger partial charge in [-0.05, 0) is 11.6 Å². The van der Waals surface area contributed by atoms with E-state index in [-0.39, 0.29) is 6.04 Å². The molecule has 0 aliphatic rings. The number of hydrogen-bond acceptors (Lipinski definition) is 5. The van der Waals surface area contributed by atoms with Gasteiger partial charge in [-0.25, -0.2) is 5.43 Å². The third kappa shape index (κ3) is 1.85. The Morgan fingerprint density at radius 3 is 2.87 bits per heavy atom. The van der Waals surface area contributed by atoms with Crippen LogP contribution < -0.4 is 11.3 Å². The Morgan fingerprint density at radius 1 is 1.47 bits per heavy atom. The Hall–Kier alpha value is -1.79. The van der Waals surface area contributed by atoms with Crippen LogP contribution in [0.25, 0.3) is 0 Å². The van der Waals surface area contributed by atoms with Gasteiger partial charge in [-0.2, -0.15) is 0 Å². The quantitative estimate of drug-likeness (QED) is 0.533. The molecule has 2 rings (SSSR count). The molecule has 1 unspecified atom stereocenters. The lowest BCUT2D eigenvalue weighted by molar-refractivity contribution is 0.569. The third-order valence-electron chi connectivity index (χ3n) is 2.23. The molecular weight excluding hydrogens is 192 g/mol. The molecule has 0 bridgehead atoms. The summed E-state index contributed by atoms with van der Waals surface area (Å²) >= 11 is 0. The molecule has 0 amide bonds. The fourth-order valence-corrected chi connectivity index (χ4v) is 1.46. The van der Waals surface area contributed by atoms with Crippen LogP contribution in [0, 0.1) is 0 Å². The lowest BCUT2D eigenvalue weighted by Crippen LogP contribution is -2.30. The maximum Gasteiger partial charge on any atom is 0.0909 e. The van der Waals surface area contributed by atoms with Crippen LogP contribution in [-0.2, 0) is 7.05 Å². The van der Waals surface area contributed by atoms with Crippen molar-refractivity contribution in [2.24, 2.45) is 12.9 Å². The van der Waals surface area contributed by atoms with Crippen LogP contribution in [0.4, 0.5) is 0 Å². The number of pyridine rings is 1. The standard InChI is InChI=1S/C9H12N6/c1-15-8(6-12-14-15)9(13-10)7-3-2-4-11-5-7/h2-6,9,13H,10H2,1H3. The molecule has 78 valence electrons. The molecule has 0 aliphatic carbocycles. The molecule has 2 aromatic rings. The minimum Gasteiger partial charge on any atom is -0.271 e. The van der Waals surface area contributed by atoms with Crippen LogP contribution in [0.5, 0.6) is 0 Å². The minimum absolute atomic E-state index is 0.140. The first kappa shape index (κ1) is 9.75. The van der Waals surface area contributed by atoms with Crippen molar-refractivity contribution in [3.05, 3.63) is 42.0 Å². The summed E-state index contributed by atoms with van der Waals surface area (Å²) in [5.41, 5.74) is 4.59. The van der Waals surface area contributed by atoms with E-state index in [0.29, 0.717) is 0 Å². The second-order valence-corrected chi connectivity index (χ2v) is 3.17. The van der Waals surface area contributed by atoms with Crippen LogP contribution >= 0.6 is 0 Å². The van der Waals surface area contributed by atoms with E-state index in [9.17, 15) is 0 Å². The van der Waals surface area contributed by atoms with Crippen molar-refractivity contribution < 1.29 is 0 Å². The van der Waals surface area contributed by atoms with Crippen molar-refractivity contribution in [3.8, 4) is 0 Å². The second kappa shape index (κ2) is 4.16. The highest BCUT2D eigenvalue weighted by Gasteiger charge is 2.16. The van der Waals surface area contributed by atoms with Gasteiger partial charge in [0.15, 0.2) is 0 Å². The number of nitrogens with two attached hydrogens (primary N) is 1. The van der Waals surface area contributed by atoms with E-state index in [1.54, 1.807) is 23.3 Å². The highest BCUT2D eigenvalue weighted by molar-refractivity contribution is 5.23. The number of nitrogens with one attached hydrogen (secondary N) is 1. The zero-order chi connectivity index (χ0) is 10.7. The molecule has 2 aromatic heterocycles. The summed E-state index contributed by atoms with van der Waals surface area (Å²) in [6, 6.07) is 3.67. The maximum atomic E-state index is 5.52. The summed E-state index contributed by atoms with van der Waals surface area (Å²) in [7, 11) is 1.82. The number of hydrogen-bond donors (Lipinski definition) is 2. The molecule has 6 nitrogen and oxygen atoms in total. The number of hydrazine groups is 1. The van der Waals surface area contributed by atoms with Gasteiger partial charge in [0.25, 0.3) is 0 Å². The first-order valence-electron chi connectivity index (χ1n) is 4.53. The third-order valence-corrected chi connectivity index (χ3v) is 2.23. The summed E-state index contributed by atoms with van der Waals surface area (Å²) in [6.45, 7) is 0. The molecule has 1 atom stereocenters. The number of nitrogens with zero attached hydrogens (tertiary/aromatic N) is 4. The molecule has 0 saturated carbocycles. The van der Waals surface area contributed by atoms with Gasteiger partial charge >= 0.3 is 0 Å². The van der Waals surface area contributed by atoms with Gasteiger partial charge < -0.3 is 0 Å². The predicted molar refractivity (Wildman–Crippen MR) is 54.4 cm³/mol. The van der Waals surface area contributed by atoms with Gasteiger partial charge in [-0.1, -0.05) is 11.3 Å². The molecular formula is C9H12N6. The van der Waals surface area contributed by atoms with Gasteiger partial charge in [0.1, 0.15) is 0 Å². The average Bonchev–Trinajstić information content (AvgIpc) is 2.68. The van der Waals surface area contributed by atoms with Crippen molar-refractivity contribution >= 4 is 0 Å². The maximum absolute atomic E-state index is 5.52. The van der Waals surface area contributed by atoms with Gasteiger partial charge in [-0.15, -0.1) is 5.10 Å². The van der Waals surface area contributed by atoms with Crippen LogP contribution in [-0.4, -0.2) is 20.0 Å². The Labute approximate surface area is 87.1 Å². The Kier molecular flexibility index (Phi) is 2.70. The zero-order valence-corrected chi connectivity index (χ0v) is 8.33. The van der Waals surface area contributed by atoms with Crippen molar-refractivity contribution in [3.63, 3.8) is 0 Å². The van der Waals surface area contributed by atoms with Crippen LogP contribution in [0.15, 0.2) is 30.7 Å². The molecule has 0 spiro atoms. The van der Waals surface area contributed by atoms with E-state index < -0.39 is 0 Å². The van der Waals surface area contributed by atoms with Gasteiger partial charge in [-0.3, -0.25) is 15.5 Å². The Morgan fingerprint density at radius 2 is 2.33 bits per heavy atom. The highest BCUT2D eigenvalue weighted by atomic mass is 15.4. The topological polar surface area (TPSA) is 81.7 Å². The summed E-state index contributed by atoms with van der Waals surface area (Å²) in [5, 5.41) is 7.67. The Bertz CT molecular complexity index is 423. The van der Waals surface area contributed by atoms with Gasteiger partial charge in [0.2, 0.25) is 0 Å². The molecule has 3 N–H and O–H groups in total. The van der Waals surface area contributed by atoms with Crippen molar-refractivity contribution in [1.82, 2.24) is 25.4 Å². The van der Waals surface area contributed by atoms with Gasteiger partial charge in [0.05, 0.1) is 17.9 Å². The smallest absolute Gasteiger partial charge is 0.0909 e. The molecule has 0 aromatic carbocycles. The number of aromatic nitrogens is 4. The molecule has 15 heavy (non-hydrogen) atoms. The summed E-state index contributed by atoms with van der Waals surface area (Å²) in [6.07, 6.45) is 5.16. The highest BCUT2D eigenvalue weighted by Crippen LogP contribution is 2.18. The number of aryl methyl sites for hydroxylation is 1. The molecule has 0 saturated heterocycles. The van der Waals surface area contributed by atoms with E-state index in [1.807, 2.05) is 19.2 Å².